The van der Waals surface area contributed by atoms with Gasteiger partial charge >= 0.3 is 5.91 Å². The van der Waals surface area contributed by atoms with Crippen molar-refractivity contribution in [3.63, 3.8) is 0 Å². The Bertz CT molecular complexity index is 1310. The standard InChI is InChI=1S/C25H24N2O7/c1-13-11-15(9-10-17(13)31-3)22(28)20-21(16-7-6-8-18(32-4)24(16)33-5)27(25(30)23(20)29)19-12-14(2)34-26-19/h6-12,21,28H,1-5H3/t21-/m0/s1. The van der Waals surface area contributed by atoms with E-state index in [1.54, 1.807) is 56.5 Å². The van der Waals surface area contributed by atoms with Crippen LogP contribution in [0.2, 0.25) is 0 Å². The van der Waals surface area contributed by atoms with E-state index < -0.39 is 17.7 Å². The molecule has 2 heterocycles. The minimum absolute atomic E-state index is 0.109. The van der Waals surface area contributed by atoms with Crippen molar-refractivity contribution in [1.82, 2.24) is 5.16 Å². The second-order valence-electron chi connectivity index (χ2n) is 7.73. The van der Waals surface area contributed by atoms with E-state index in [1.165, 1.54) is 19.1 Å². The number of aryl methyl sites for hydroxylation is 2. The Morgan fingerprint density at radius 3 is 2.32 bits per heavy atom. The summed E-state index contributed by atoms with van der Waals surface area (Å²) in [7, 11) is 4.49. The fourth-order valence-electron chi connectivity index (χ4n) is 4.14. The topological polar surface area (TPSA) is 111 Å². The number of methoxy groups -OCH3 is 3. The monoisotopic (exact) mass is 464 g/mol. The molecule has 1 aliphatic heterocycles. The van der Waals surface area contributed by atoms with Crippen LogP contribution in [0, 0.1) is 13.8 Å². The smallest absolute Gasteiger partial charge is 0.301 e. The van der Waals surface area contributed by atoms with Crippen molar-refractivity contribution >= 4 is 23.3 Å². The number of Topliss-reactive ketones (excluding diaryl/α,β-unsaturated/α-hetero) is 1. The van der Waals surface area contributed by atoms with Gasteiger partial charge in [-0.15, -0.1) is 0 Å². The van der Waals surface area contributed by atoms with E-state index in [-0.39, 0.29) is 17.2 Å². The third-order valence-electron chi connectivity index (χ3n) is 5.70. The van der Waals surface area contributed by atoms with Crippen LogP contribution < -0.4 is 19.1 Å². The molecule has 9 heteroatoms. The lowest BCUT2D eigenvalue weighted by molar-refractivity contribution is -0.132. The predicted molar refractivity (Wildman–Crippen MR) is 123 cm³/mol. The molecule has 0 saturated carbocycles. The molecule has 1 fully saturated rings. The van der Waals surface area contributed by atoms with Crippen LogP contribution in [0.4, 0.5) is 5.82 Å². The van der Waals surface area contributed by atoms with Gasteiger partial charge in [-0.2, -0.15) is 0 Å². The van der Waals surface area contributed by atoms with Crippen LogP contribution in [-0.4, -0.2) is 43.3 Å². The van der Waals surface area contributed by atoms with Gasteiger partial charge in [0.25, 0.3) is 5.78 Å². The van der Waals surface area contributed by atoms with Gasteiger partial charge in [0.05, 0.1) is 26.9 Å². The average Bonchev–Trinajstić information content (AvgIpc) is 3.38. The summed E-state index contributed by atoms with van der Waals surface area (Å²) >= 11 is 0. The Morgan fingerprint density at radius 1 is 1.00 bits per heavy atom. The van der Waals surface area contributed by atoms with Crippen LogP contribution in [0.1, 0.15) is 28.5 Å². The molecule has 1 N–H and O–H groups in total. The molecule has 34 heavy (non-hydrogen) atoms. The molecule has 176 valence electrons. The van der Waals surface area contributed by atoms with Gasteiger partial charge in [0.2, 0.25) is 0 Å². The summed E-state index contributed by atoms with van der Waals surface area (Å²) in [5.74, 6) is -0.0983. The Kier molecular flexibility index (Phi) is 6.02. The number of rotatable bonds is 6. The molecule has 1 saturated heterocycles. The molecule has 3 aromatic rings. The van der Waals surface area contributed by atoms with Gasteiger partial charge in [0.15, 0.2) is 17.3 Å². The van der Waals surface area contributed by atoms with Gasteiger partial charge in [-0.1, -0.05) is 17.3 Å². The summed E-state index contributed by atoms with van der Waals surface area (Å²) in [6.45, 7) is 3.49. The zero-order valence-corrected chi connectivity index (χ0v) is 19.4. The van der Waals surface area contributed by atoms with Gasteiger partial charge in [-0.05, 0) is 43.7 Å². The number of carbonyl (C=O) groups excluding carboxylic acids is 2. The van der Waals surface area contributed by atoms with Gasteiger partial charge in [0.1, 0.15) is 23.3 Å². The SMILES string of the molecule is COc1ccc(C(O)=C2C(=O)C(=O)N(c3cc(C)on3)[C@H]2c2cccc(OC)c2OC)cc1C. The first kappa shape index (κ1) is 22.9. The Morgan fingerprint density at radius 2 is 1.74 bits per heavy atom. The maximum atomic E-state index is 13.3. The van der Waals surface area contributed by atoms with E-state index in [0.717, 1.165) is 5.56 Å². The molecule has 4 rings (SSSR count). The molecule has 2 aromatic carbocycles. The van der Waals surface area contributed by atoms with Crippen molar-refractivity contribution < 1.29 is 33.4 Å². The van der Waals surface area contributed by atoms with Crippen molar-refractivity contribution in [2.24, 2.45) is 0 Å². The normalized spacial score (nSPS) is 17.2. The summed E-state index contributed by atoms with van der Waals surface area (Å²) < 4.78 is 21.5. The number of amides is 1. The third kappa shape index (κ3) is 3.64. The van der Waals surface area contributed by atoms with E-state index in [0.29, 0.717) is 34.1 Å². The van der Waals surface area contributed by atoms with Crippen molar-refractivity contribution in [2.45, 2.75) is 19.9 Å². The quantitative estimate of drug-likeness (QED) is 0.332. The zero-order chi connectivity index (χ0) is 24.6. The average molecular weight is 464 g/mol. The highest BCUT2D eigenvalue weighted by Gasteiger charge is 2.49. The van der Waals surface area contributed by atoms with Gasteiger partial charge in [0, 0.05) is 17.2 Å². The van der Waals surface area contributed by atoms with Gasteiger partial charge < -0.3 is 23.8 Å². The number of para-hydroxylation sites is 1. The minimum Gasteiger partial charge on any atom is -0.507 e. The summed E-state index contributed by atoms with van der Waals surface area (Å²) in [4.78, 5) is 27.7. The number of hydrogen-bond acceptors (Lipinski definition) is 8. The van der Waals surface area contributed by atoms with E-state index in [2.05, 4.69) is 5.16 Å². The lowest BCUT2D eigenvalue weighted by Crippen LogP contribution is -2.30. The Hall–Kier alpha value is -4.27. The molecule has 0 bridgehead atoms. The van der Waals surface area contributed by atoms with Crippen LogP contribution >= 0.6 is 0 Å². The minimum atomic E-state index is -1.04. The number of aliphatic hydroxyl groups excluding tert-OH is 1. The number of nitrogens with zero attached hydrogens (tertiary/aromatic N) is 2. The molecule has 9 nitrogen and oxygen atoms in total. The number of anilines is 1. The zero-order valence-electron chi connectivity index (χ0n) is 19.4. The molecular formula is C25H24N2O7. The molecule has 0 aliphatic carbocycles. The second-order valence-corrected chi connectivity index (χ2v) is 7.73. The number of hydrogen-bond donors (Lipinski definition) is 1. The van der Waals surface area contributed by atoms with E-state index in [1.807, 2.05) is 6.92 Å². The first-order valence-electron chi connectivity index (χ1n) is 10.4. The molecular weight excluding hydrogens is 440 g/mol. The number of aromatic nitrogens is 1. The lowest BCUT2D eigenvalue weighted by Gasteiger charge is -2.25. The second kappa shape index (κ2) is 8.93. The largest absolute Gasteiger partial charge is 0.507 e. The highest BCUT2D eigenvalue weighted by atomic mass is 16.5. The summed E-state index contributed by atoms with van der Waals surface area (Å²) in [6.07, 6.45) is 0. The van der Waals surface area contributed by atoms with Crippen molar-refractivity contribution in [1.29, 1.82) is 0 Å². The fraction of sp³-hybridized carbons (Fsp3) is 0.240. The fourth-order valence-corrected chi connectivity index (χ4v) is 4.14. The van der Waals surface area contributed by atoms with Crippen molar-refractivity contribution in [2.75, 3.05) is 26.2 Å². The number of carbonyl (C=O) groups is 2. The predicted octanol–water partition coefficient (Wildman–Crippen LogP) is 3.94. The maximum Gasteiger partial charge on any atom is 0.301 e. The number of ketones is 1. The molecule has 0 spiro atoms. The van der Waals surface area contributed by atoms with Crippen LogP contribution in [0.3, 0.4) is 0 Å². The van der Waals surface area contributed by atoms with Crippen LogP contribution in [0.25, 0.3) is 5.76 Å². The van der Waals surface area contributed by atoms with E-state index >= 15 is 0 Å². The van der Waals surface area contributed by atoms with Gasteiger partial charge in [-0.3, -0.25) is 14.5 Å². The molecule has 1 aromatic heterocycles. The molecule has 1 amide bonds. The molecule has 1 aliphatic rings. The summed E-state index contributed by atoms with van der Waals surface area (Å²) in [5, 5.41) is 15.3. The third-order valence-corrected chi connectivity index (χ3v) is 5.70. The molecule has 0 unspecified atom stereocenters. The van der Waals surface area contributed by atoms with E-state index in [4.69, 9.17) is 18.7 Å². The highest BCUT2D eigenvalue weighted by molar-refractivity contribution is 6.51. The Balaban J connectivity index is 2.00. The van der Waals surface area contributed by atoms with Crippen LogP contribution in [-0.2, 0) is 9.59 Å². The summed E-state index contributed by atoms with van der Waals surface area (Å²) in [5.41, 5.74) is 1.44. The summed E-state index contributed by atoms with van der Waals surface area (Å²) in [6, 6.07) is 10.6. The van der Waals surface area contributed by atoms with Crippen molar-refractivity contribution in [3.8, 4) is 17.2 Å². The lowest BCUT2D eigenvalue weighted by atomic mass is 9.94. The molecule has 0 radical (unpaired) electrons. The Labute approximate surface area is 196 Å². The first-order valence-corrected chi connectivity index (χ1v) is 10.4. The number of aliphatic hydroxyl groups is 1. The maximum absolute atomic E-state index is 13.3. The number of benzene rings is 2. The van der Waals surface area contributed by atoms with E-state index in [9.17, 15) is 14.7 Å². The van der Waals surface area contributed by atoms with Crippen LogP contribution in [0.15, 0.2) is 52.6 Å². The number of ether oxygens (including phenoxy) is 3. The highest BCUT2D eigenvalue weighted by Crippen LogP contribution is 2.47. The molecule has 1 atom stereocenters. The first-order chi connectivity index (χ1) is 16.3. The van der Waals surface area contributed by atoms with Crippen LogP contribution in [0.5, 0.6) is 17.2 Å². The van der Waals surface area contributed by atoms with Gasteiger partial charge in [-0.25, -0.2) is 0 Å². The van der Waals surface area contributed by atoms with Crippen molar-refractivity contribution in [3.05, 3.63) is 70.5 Å².